The van der Waals surface area contributed by atoms with Crippen LogP contribution in [0.1, 0.15) is 12.0 Å². The maximum absolute atomic E-state index is 12.6. The molecule has 4 nitrogen and oxygen atoms in total. The minimum atomic E-state index is -4.99. The maximum Gasteiger partial charge on any atom is 0.471 e. The van der Waals surface area contributed by atoms with Crippen molar-refractivity contribution < 1.29 is 31.5 Å². The summed E-state index contributed by atoms with van der Waals surface area (Å²) < 4.78 is 67.6. The summed E-state index contributed by atoms with van der Waals surface area (Å²) in [5, 5.41) is 3.12. The van der Waals surface area contributed by atoms with Crippen LogP contribution >= 0.6 is 0 Å². The van der Waals surface area contributed by atoms with Gasteiger partial charge in [0.2, 0.25) is 0 Å². The van der Waals surface area contributed by atoms with E-state index in [2.05, 4.69) is 5.32 Å². The van der Waals surface area contributed by atoms with Gasteiger partial charge in [-0.25, -0.2) is 8.78 Å². The minimum absolute atomic E-state index is 0.112. The van der Waals surface area contributed by atoms with E-state index in [0.29, 0.717) is 11.4 Å². The third kappa shape index (κ3) is 5.93. The lowest BCUT2D eigenvalue weighted by atomic mass is 10.0. The zero-order valence-corrected chi connectivity index (χ0v) is 13.3. The summed E-state index contributed by atoms with van der Waals surface area (Å²) in [5.41, 5.74) is 0.948. The van der Waals surface area contributed by atoms with Crippen LogP contribution < -0.4 is 5.32 Å². The van der Waals surface area contributed by atoms with Crippen molar-refractivity contribution in [2.24, 2.45) is 0 Å². The number of amides is 1. The van der Waals surface area contributed by atoms with Crippen molar-refractivity contribution in [2.75, 3.05) is 19.7 Å². The molecule has 25 heavy (non-hydrogen) atoms. The Morgan fingerprint density at radius 3 is 2.56 bits per heavy atom. The zero-order chi connectivity index (χ0) is 18.4. The number of halogens is 5. The number of piperidine rings is 1. The number of carbonyl (C=O) groups excluding carboxylic acids is 1. The summed E-state index contributed by atoms with van der Waals surface area (Å²) in [4.78, 5) is 12.0. The summed E-state index contributed by atoms with van der Waals surface area (Å²) in [6.45, 7) is -0.952. The molecule has 1 aromatic carbocycles. The van der Waals surface area contributed by atoms with Crippen LogP contribution in [0.2, 0.25) is 0 Å². The number of rotatable bonds is 6. The third-order valence-electron chi connectivity index (χ3n) is 3.94. The van der Waals surface area contributed by atoms with Gasteiger partial charge in [-0.05, 0) is 12.0 Å². The predicted octanol–water partition coefficient (Wildman–Crippen LogP) is 2.59. The van der Waals surface area contributed by atoms with Crippen molar-refractivity contribution in [3.63, 3.8) is 0 Å². The molecular weight excluding hydrogens is 347 g/mol. The van der Waals surface area contributed by atoms with Crippen LogP contribution in [-0.4, -0.2) is 55.3 Å². The number of nitrogens with zero attached hydrogens (tertiary/aromatic N) is 1. The van der Waals surface area contributed by atoms with E-state index >= 15 is 0 Å². The topological polar surface area (TPSA) is 41.6 Å². The summed E-state index contributed by atoms with van der Waals surface area (Å²) >= 11 is 0. The molecule has 0 aliphatic carbocycles. The van der Waals surface area contributed by atoms with Gasteiger partial charge >= 0.3 is 12.1 Å². The molecule has 2 unspecified atom stereocenters. The van der Waals surface area contributed by atoms with Gasteiger partial charge in [-0.2, -0.15) is 13.2 Å². The van der Waals surface area contributed by atoms with Crippen LogP contribution in [0.15, 0.2) is 30.3 Å². The fraction of sp³-hybridized carbons (Fsp3) is 0.562. The van der Waals surface area contributed by atoms with Gasteiger partial charge in [0.15, 0.2) is 0 Å². The maximum atomic E-state index is 12.6. The number of hydrogen-bond donors (Lipinski definition) is 1. The smallest absolute Gasteiger partial charge is 0.369 e. The van der Waals surface area contributed by atoms with Crippen molar-refractivity contribution in [3.8, 4) is 0 Å². The molecule has 0 radical (unpaired) electrons. The molecule has 1 aliphatic rings. The Balaban J connectivity index is 1.99. The number of ether oxygens (including phenoxy) is 1. The highest BCUT2D eigenvalue weighted by molar-refractivity contribution is 5.82. The molecule has 0 bridgehead atoms. The molecular formula is C16H19F5N2O2. The Morgan fingerprint density at radius 2 is 1.96 bits per heavy atom. The molecule has 0 spiro atoms. The number of benzene rings is 1. The number of likely N-dealkylation sites (tertiary alicyclic amines) is 1. The Morgan fingerprint density at radius 1 is 1.28 bits per heavy atom. The first-order valence-electron chi connectivity index (χ1n) is 7.80. The van der Waals surface area contributed by atoms with E-state index in [1.54, 1.807) is 0 Å². The van der Waals surface area contributed by atoms with E-state index in [4.69, 9.17) is 4.74 Å². The molecule has 0 saturated carbocycles. The molecule has 1 amide bonds. The SMILES string of the molecule is O=C(N1CCC(NCc2ccccc2)C(OCC(F)F)C1)C(F)(F)F. The molecule has 2 atom stereocenters. The average Bonchev–Trinajstić information content (AvgIpc) is 2.57. The first-order valence-corrected chi connectivity index (χ1v) is 7.80. The third-order valence-corrected chi connectivity index (χ3v) is 3.94. The minimum Gasteiger partial charge on any atom is -0.369 e. The Bertz CT molecular complexity index is 553. The van der Waals surface area contributed by atoms with Crippen molar-refractivity contribution in [3.05, 3.63) is 35.9 Å². The van der Waals surface area contributed by atoms with Crippen LogP contribution in [0.5, 0.6) is 0 Å². The highest BCUT2D eigenvalue weighted by atomic mass is 19.4. The second kappa shape index (κ2) is 8.57. The summed E-state index contributed by atoms with van der Waals surface area (Å²) in [6.07, 6.45) is -8.47. The van der Waals surface area contributed by atoms with Crippen LogP contribution in [0.25, 0.3) is 0 Å². The molecule has 0 aromatic heterocycles. The van der Waals surface area contributed by atoms with Gasteiger partial charge in [-0.3, -0.25) is 4.79 Å². The summed E-state index contributed by atoms with van der Waals surface area (Å²) in [5.74, 6) is -1.97. The number of carbonyl (C=O) groups is 1. The molecule has 2 rings (SSSR count). The van der Waals surface area contributed by atoms with E-state index in [1.165, 1.54) is 0 Å². The lowest BCUT2D eigenvalue weighted by Crippen LogP contribution is -2.57. The van der Waals surface area contributed by atoms with Crippen LogP contribution in [0, 0.1) is 0 Å². The van der Waals surface area contributed by atoms with E-state index in [0.717, 1.165) is 5.56 Å². The number of nitrogens with one attached hydrogen (secondary N) is 1. The monoisotopic (exact) mass is 366 g/mol. The first-order chi connectivity index (χ1) is 11.8. The molecule has 1 heterocycles. The van der Waals surface area contributed by atoms with Crippen molar-refractivity contribution >= 4 is 5.91 Å². The van der Waals surface area contributed by atoms with Gasteiger partial charge in [0.1, 0.15) is 6.61 Å². The summed E-state index contributed by atoms with van der Waals surface area (Å²) in [6, 6.07) is 8.84. The van der Waals surface area contributed by atoms with E-state index in [9.17, 15) is 26.7 Å². The molecule has 1 saturated heterocycles. The van der Waals surface area contributed by atoms with Gasteiger partial charge in [-0.15, -0.1) is 0 Å². The lowest BCUT2D eigenvalue weighted by Gasteiger charge is -2.39. The molecule has 140 valence electrons. The Labute approximate surface area is 141 Å². The highest BCUT2D eigenvalue weighted by Crippen LogP contribution is 2.23. The second-order valence-corrected chi connectivity index (χ2v) is 5.77. The van der Waals surface area contributed by atoms with Crippen LogP contribution in [-0.2, 0) is 16.1 Å². The fourth-order valence-corrected chi connectivity index (χ4v) is 2.72. The lowest BCUT2D eigenvalue weighted by molar-refractivity contribution is -0.189. The molecule has 1 N–H and O–H groups in total. The standard InChI is InChI=1S/C16H19F5N2O2/c17-14(18)10-25-13-9-23(15(24)16(19,20)21)7-6-12(13)22-8-11-4-2-1-3-5-11/h1-5,12-14,22H,6-10H2. The summed E-state index contributed by atoms with van der Waals surface area (Å²) in [7, 11) is 0. The van der Waals surface area contributed by atoms with E-state index in [-0.39, 0.29) is 19.5 Å². The molecule has 1 aliphatic heterocycles. The number of alkyl halides is 5. The quantitative estimate of drug-likeness (QED) is 0.787. The molecule has 1 fully saturated rings. The van der Waals surface area contributed by atoms with Gasteiger partial charge in [0, 0.05) is 25.7 Å². The second-order valence-electron chi connectivity index (χ2n) is 5.77. The van der Waals surface area contributed by atoms with E-state index < -0.39 is 37.3 Å². The molecule has 9 heteroatoms. The predicted molar refractivity (Wildman–Crippen MR) is 80.1 cm³/mol. The molecule has 1 aromatic rings. The van der Waals surface area contributed by atoms with Gasteiger partial charge in [0.05, 0.1) is 6.10 Å². The first kappa shape index (κ1) is 19.6. The average molecular weight is 366 g/mol. The highest BCUT2D eigenvalue weighted by Gasteiger charge is 2.45. The van der Waals surface area contributed by atoms with Gasteiger partial charge < -0.3 is 15.0 Å². The largest absolute Gasteiger partial charge is 0.471 e. The van der Waals surface area contributed by atoms with Crippen molar-refractivity contribution in [2.45, 2.75) is 37.7 Å². The Hall–Kier alpha value is -1.74. The van der Waals surface area contributed by atoms with Crippen LogP contribution in [0.4, 0.5) is 22.0 Å². The Kier molecular flexibility index (Phi) is 6.71. The van der Waals surface area contributed by atoms with Gasteiger partial charge in [0.25, 0.3) is 6.43 Å². The zero-order valence-electron chi connectivity index (χ0n) is 13.3. The van der Waals surface area contributed by atoms with Crippen LogP contribution in [0.3, 0.4) is 0 Å². The van der Waals surface area contributed by atoms with E-state index in [1.807, 2.05) is 30.3 Å². The van der Waals surface area contributed by atoms with Crippen molar-refractivity contribution in [1.82, 2.24) is 10.2 Å². The number of hydrogen-bond acceptors (Lipinski definition) is 3. The normalized spacial score (nSPS) is 21.6. The fourth-order valence-electron chi connectivity index (χ4n) is 2.72. The van der Waals surface area contributed by atoms with Crippen molar-refractivity contribution in [1.29, 1.82) is 0 Å². The van der Waals surface area contributed by atoms with Gasteiger partial charge in [-0.1, -0.05) is 30.3 Å².